The van der Waals surface area contributed by atoms with Crippen LogP contribution in [0.25, 0.3) is 10.9 Å². The minimum atomic E-state index is -0.329. The van der Waals surface area contributed by atoms with Crippen molar-refractivity contribution in [3.8, 4) is 0 Å². The average Bonchev–Trinajstić information content (AvgIpc) is 2.63. The Labute approximate surface area is 117 Å². The molecule has 2 heterocycles. The Bertz CT molecular complexity index is 639. The maximum Gasteiger partial charge on any atom is 0.256 e. The SMILES string of the molecule is Cc1[nH]c2cccc(F)c2c1C(=O)N1CCCCCC1. The van der Waals surface area contributed by atoms with Gasteiger partial charge in [0.15, 0.2) is 0 Å². The van der Waals surface area contributed by atoms with Gasteiger partial charge in [-0.3, -0.25) is 4.79 Å². The van der Waals surface area contributed by atoms with Gasteiger partial charge >= 0.3 is 0 Å². The minimum Gasteiger partial charge on any atom is -0.358 e. The van der Waals surface area contributed by atoms with E-state index in [0.29, 0.717) is 16.5 Å². The summed E-state index contributed by atoms with van der Waals surface area (Å²) in [6.07, 6.45) is 4.42. The summed E-state index contributed by atoms with van der Waals surface area (Å²) >= 11 is 0. The number of nitrogens with zero attached hydrogens (tertiary/aromatic N) is 1. The first-order valence-electron chi connectivity index (χ1n) is 7.24. The fourth-order valence-corrected chi connectivity index (χ4v) is 3.03. The first-order valence-corrected chi connectivity index (χ1v) is 7.24. The molecule has 1 aromatic heterocycles. The lowest BCUT2D eigenvalue weighted by Gasteiger charge is -2.20. The van der Waals surface area contributed by atoms with Crippen LogP contribution in [0.5, 0.6) is 0 Å². The number of carbonyl (C=O) groups excluding carboxylic acids is 1. The molecule has 1 amide bonds. The van der Waals surface area contributed by atoms with Gasteiger partial charge in [-0.1, -0.05) is 18.9 Å². The lowest BCUT2D eigenvalue weighted by Crippen LogP contribution is -2.32. The zero-order valence-corrected chi connectivity index (χ0v) is 11.7. The van der Waals surface area contributed by atoms with Crippen LogP contribution in [0.15, 0.2) is 18.2 Å². The quantitative estimate of drug-likeness (QED) is 0.847. The molecule has 0 saturated carbocycles. The second-order valence-corrected chi connectivity index (χ2v) is 5.49. The molecule has 1 saturated heterocycles. The molecule has 1 aliphatic rings. The molecular formula is C16H19FN2O. The number of likely N-dealkylation sites (tertiary alicyclic amines) is 1. The molecule has 20 heavy (non-hydrogen) atoms. The van der Waals surface area contributed by atoms with E-state index in [0.717, 1.165) is 31.6 Å². The molecule has 106 valence electrons. The largest absolute Gasteiger partial charge is 0.358 e. The van der Waals surface area contributed by atoms with Crippen LogP contribution in [0, 0.1) is 12.7 Å². The molecule has 0 atom stereocenters. The van der Waals surface area contributed by atoms with Gasteiger partial charge in [-0.2, -0.15) is 0 Å². The zero-order valence-electron chi connectivity index (χ0n) is 11.7. The molecule has 1 fully saturated rings. The van der Waals surface area contributed by atoms with Gasteiger partial charge in [-0.15, -0.1) is 0 Å². The van der Waals surface area contributed by atoms with Crippen LogP contribution in [0.4, 0.5) is 4.39 Å². The predicted octanol–water partition coefficient (Wildman–Crippen LogP) is 3.63. The van der Waals surface area contributed by atoms with Gasteiger partial charge in [-0.05, 0) is 31.9 Å². The average molecular weight is 274 g/mol. The Hall–Kier alpha value is -1.84. The molecule has 2 aromatic rings. The Kier molecular flexibility index (Phi) is 3.47. The molecule has 0 bridgehead atoms. The number of aryl methyl sites for hydroxylation is 1. The maximum atomic E-state index is 14.1. The third-order valence-electron chi connectivity index (χ3n) is 4.07. The summed E-state index contributed by atoms with van der Waals surface area (Å²) in [5, 5.41) is 0.430. The Morgan fingerprint density at radius 1 is 1.20 bits per heavy atom. The zero-order chi connectivity index (χ0) is 14.1. The number of aromatic nitrogens is 1. The normalized spacial score (nSPS) is 16.4. The number of hydrogen-bond donors (Lipinski definition) is 1. The Balaban J connectivity index is 2.04. The molecule has 1 aromatic carbocycles. The molecule has 0 spiro atoms. The third kappa shape index (κ3) is 2.19. The van der Waals surface area contributed by atoms with E-state index in [1.165, 1.54) is 18.9 Å². The fraction of sp³-hybridized carbons (Fsp3) is 0.438. The second kappa shape index (κ2) is 5.27. The summed E-state index contributed by atoms with van der Waals surface area (Å²) < 4.78 is 14.1. The van der Waals surface area contributed by atoms with Crippen LogP contribution in [0.1, 0.15) is 41.7 Å². The van der Waals surface area contributed by atoms with Crippen molar-refractivity contribution in [1.82, 2.24) is 9.88 Å². The topological polar surface area (TPSA) is 36.1 Å². The molecular weight excluding hydrogens is 255 g/mol. The lowest BCUT2D eigenvalue weighted by molar-refractivity contribution is 0.0762. The predicted molar refractivity (Wildman–Crippen MR) is 77.4 cm³/mol. The molecule has 1 aliphatic heterocycles. The highest BCUT2D eigenvalue weighted by atomic mass is 19.1. The van der Waals surface area contributed by atoms with E-state index in [2.05, 4.69) is 4.98 Å². The summed E-state index contributed by atoms with van der Waals surface area (Å²) in [6.45, 7) is 3.39. The number of amides is 1. The number of halogens is 1. The number of rotatable bonds is 1. The van der Waals surface area contributed by atoms with Gasteiger partial charge in [0, 0.05) is 29.7 Å². The maximum absolute atomic E-state index is 14.1. The van der Waals surface area contributed by atoms with E-state index in [1.807, 2.05) is 17.9 Å². The lowest BCUT2D eigenvalue weighted by atomic mass is 10.1. The van der Waals surface area contributed by atoms with Crippen LogP contribution < -0.4 is 0 Å². The number of benzene rings is 1. The number of hydrogen-bond acceptors (Lipinski definition) is 1. The standard InChI is InChI=1S/C16H19FN2O/c1-11-14(15-12(17)7-6-8-13(15)18-11)16(20)19-9-4-2-3-5-10-19/h6-8,18H,2-5,9-10H2,1H3. The van der Waals surface area contributed by atoms with Crippen LogP contribution in [-0.2, 0) is 0 Å². The highest BCUT2D eigenvalue weighted by Crippen LogP contribution is 2.27. The van der Waals surface area contributed by atoms with Crippen LogP contribution in [0.3, 0.4) is 0 Å². The molecule has 1 N–H and O–H groups in total. The van der Waals surface area contributed by atoms with E-state index < -0.39 is 0 Å². The van der Waals surface area contributed by atoms with Crippen molar-refractivity contribution in [2.24, 2.45) is 0 Å². The van der Waals surface area contributed by atoms with E-state index in [9.17, 15) is 9.18 Å². The van der Waals surface area contributed by atoms with Crippen LogP contribution >= 0.6 is 0 Å². The van der Waals surface area contributed by atoms with Crippen LogP contribution in [0.2, 0.25) is 0 Å². The van der Waals surface area contributed by atoms with E-state index in [-0.39, 0.29) is 11.7 Å². The van der Waals surface area contributed by atoms with E-state index in [1.54, 1.807) is 6.07 Å². The van der Waals surface area contributed by atoms with E-state index >= 15 is 0 Å². The Morgan fingerprint density at radius 3 is 2.60 bits per heavy atom. The Morgan fingerprint density at radius 2 is 1.90 bits per heavy atom. The number of carbonyl (C=O) groups is 1. The molecule has 4 heteroatoms. The van der Waals surface area contributed by atoms with Crippen molar-refractivity contribution in [3.63, 3.8) is 0 Å². The summed E-state index contributed by atoms with van der Waals surface area (Å²) in [5.74, 6) is -0.370. The number of H-pyrrole nitrogens is 1. The first-order chi connectivity index (χ1) is 9.68. The number of aromatic amines is 1. The van der Waals surface area contributed by atoms with Crippen molar-refractivity contribution >= 4 is 16.8 Å². The van der Waals surface area contributed by atoms with Gasteiger partial charge in [0.05, 0.1) is 5.56 Å². The monoisotopic (exact) mass is 274 g/mol. The summed E-state index contributed by atoms with van der Waals surface area (Å²) in [5.41, 5.74) is 1.94. The van der Waals surface area contributed by atoms with Gasteiger partial charge in [0.2, 0.25) is 0 Å². The highest BCUT2D eigenvalue weighted by Gasteiger charge is 2.24. The van der Waals surface area contributed by atoms with Crippen molar-refractivity contribution in [1.29, 1.82) is 0 Å². The van der Waals surface area contributed by atoms with Gasteiger partial charge in [0.1, 0.15) is 5.82 Å². The summed E-state index contributed by atoms with van der Waals surface area (Å²) in [4.78, 5) is 17.7. The summed E-state index contributed by atoms with van der Waals surface area (Å²) in [6, 6.07) is 4.88. The van der Waals surface area contributed by atoms with Gasteiger partial charge < -0.3 is 9.88 Å². The smallest absolute Gasteiger partial charge is 0.256 e. The molecule has 3 rings (SSSR count). The summed E-state index contributed by atoms with van der Waals surface area (Å²) in [7, 11) is 0. The highest BCUT2D eigenvalue weighted by molar-refractivity contribution is 6.08. The number of nitrogens with one attached hydrogen (secondary N) is 1. The third-order valence-corrected chi connectivity index (χ3v) is 4.07. The molecule has 0 radical (unpaired) electrons. The second-order valence-electron chi connectivity index (χ2n) is 5.49. The number of fused-ring (bicyclic) bond motifs is 1. The molecule has 3 nitrogen and oxygen atoms in total. The van der Waals surface area contributed by atoms with Gasteiger partial charge in [0.25, 0.3) is 5.91 Å². The molecule has 0 aliphatic carbocycles. The van der Waals surface area contributed by atoms with Crippen molar-refractivity contribution in [3.05, 3.63) is 35.3 Å². The first kappa shape index (κ1) is 13.2. The minimum absolute atomic E-state index is 0.0410. The van der Waals surface area contributed by atoms with Crippen molar-refractivity contribution < 1.29 is 9.18 Å². The van der Waals surface area contributed by atoms with Crippen molar-refractivity contribution in [2.75, 3.05) is 13.1 Å². The van der Waals surface area contributed by atoms with Crippen LogP contribution in [-0.4, -0.2) is 28.9 Å². The van der Waals surface area contributed by atoms with E-state index in [4.69, 9.17) is 0 Å². The van der Waals surface area contributed by atoms with Crippen molar-refractivity contribution in [2.45, 2.75) is 32.6 Å². The molecule has 0 unspecified atom stereocenters. The van der Waals surface area contributed by atoms with Gasteiger partial charge in [-0.25, -0.2) is 4.39 Å². The fourth-order valence-electron chi connectivity index (χ4n) is 3.03.